The van der Waals surface area contributed by atoms with Gasteiger partial charge >= 0.3 is 0 Å². The van der Waals surface area contributed by atoms with Gasteiger partial charge in [-0.25, -0.2) is 0 Å². The third kappa shape index (κ3) is 32.6. The summed E-state index contributed by atoms with van der Waals surface area (Å²) in [6.07, 6.45) is 47.9. The summed E-state index contributed by atoms with van der Waals surface area (Å²) in [5.74, 6) is 0.0926. The predicted molar refractivity (Wildman–Crippen MR) is 200 cm³/mol. The van der Waals surface area contributed by atoms with E-state index < -0.39 is 0 Å². The van der Waals surface area contributed by atoms with Crippen molar-refractivity contribution in [1.29, 1.82) is 0 Å². The fourth-order valence-electron chi connectivity index (χ4n) is 6.46. The molecule has 0 rings (SSSR count). The van der Waals surface area contributed by atoms with E-state index in [1.807, 2.05) is 6.92 Å². The Morgan fingerprint density at radius 3 is 0.867 bits per heavy atom. The topological polar surface area (TPSA) is 37.4 Å². The van der Waals surface area contributed by atoms with Crippen LogP contribution in [-0.4, -0.2) is 23.3 Å². The van der Waals surface area contributed by atoms with Crippen molar-refractivity contribution in [2.24, 2.45) is 0 Å². The Balaban J connectivity index is 3.53. The van der Waals surface area contributed by atoms with Gasteiger partial charge in [0.15, 0.2) is 0 Å². The average molecular weight is 632 g/mol. The van der Waals surface area contributed by atoms with Crippen LogP contribution in [-0.2, 0) is 9.59 Å². The van der Waals surface area contributed by atoms with Crippen molar-refractivity contribution in [3.8, 4) is 0 Å². The van der Waals surface area contributed by atoms with Crippen LogP contribution < -0.4 is 0 Å². The molecule has 0 radical (unpaired) electrons. The zero-order chi connectivity index (χ0) is 32.9. The summed E-state index contributed by atoms with van der Waals surface area (Å²) >= 11 is 0. The normalized spacial score (nSPS) is 11.5. The van der Waals surface area contributed by atoms with E-state index in [1.165, 1.54) is 185 Å². The van der Waals surface area contributed by atoms with Crippen molar-refractivity contribution in [3.05, 3.63) is 12.2 Å². The van der Waals surface area contributed by atoms with Gasteiger partial charge in [-0.2, -0.15) is 0 Å². The van der Waals surface area contributed by atoms with E-state index in [4.69, 9.17) is 0 Å². The molecule has 0 saturated heterocycles. The van der Waals surface area contributed by atoms with Crippen molar-refractivity contribution in [2.45, 2.75) is 239 Å². The van der Waals surface area contributed by atoms with Gasteiger partial charge in [-0.3, -0.25) is 14.5 Å². The monoisotopic (exact) mass is 632 g/mol. The number of rotatable bonds is 36. The van der Waals surface area contributed by atoms with Gasteiger partial charge in [0.1, 0.15) is 0 Å². The van der Waals surface area contributed by atoms with Gasteiger partial charge in [0, 0.05) is 19.4 Å². The van der Waals surface area contributed by atoms with Crippen molar-refractivity contribution in [2.75, 3.05) is 6.54 Å². The van der Waals surface area contributed by atoms with Crippen molar-refractivity contribution < 1.29 is 9.59 Å². The van der Waals surface area contributed by atoms with Crippen LogP contribution in [0.25, 0.3) is 0 Å². The molecular formula is C42H81NO2. The molecule has 266 valence electrons. The molecule has 0 saturated carbocycles. The van der Waals surface area contributed by atoms with Gasteiger partial charge in [0.05, 0.1) is 0 Å². The smallest absolute Gasteiger partial charge is 0.229 e. The highest BCUT2D eigenvalue weighted by Crippen LogP contribution is 2.16. The van der Waals surface area contributed by atoms with Crippen LogP contribution in [0.5, 0.6) is 0 Å². The van der Waals surface area contributed by atoms with Crippen molar-refractivity contribution in [3.63, 3.8) is 0 Å². The molecule has 0 aromatic carbocycles. The minimum atomic E-state index is 0.0458. The maximum atomic E-state index is 12.7. The molecule has 0 spiro atoms. The second-order valence-electron chi connectivity index (χ2n) is 14.0. The molecule has 0 aromatic heterocycles. The molecule has 0 unspecified atom stereocenters. The highest BCUT2D eigenvalue weighted by atomic mass is 16.2. The molecule has 3 heteroatoms. The summed E-state index contributed by atoms with van der Waals surface area (Å²) in [6, 6.07) is 0. The lowest BCUT2D eigenvalue weighted by molar-refractivity contribution is -0.144. The number of allylic oxidation sites excluding steroid dienone is 2. The van der Waals surface area contributed by atoms with Crippen molar-refractivity contribution >= 4 is 11.8 Å². The van der Waals surface area contributed by atoms with Crippen LogP contribution in [0, 0.1) is 0 Å². The summed E-state index contributed by atoms with van der Waals surface area (Å²) in [4.78, 5) is 26.8. The van der Waals surface area contributed by atoms with Gasteiger partial charge in [0.25, 0.3) is 0 Å². The fourth-order valence-corrected chi connectivity index (χ4v) is 6.46. The first-order valence-electron chi connectivity index (χ1n) is 20.6. The zero-order valence-corrected chi connectivity index (χ0v) is 31.2. The summed E-state index contributed by atoms with van der Waals surface area (Å²) in [6.45, 7) is 7.02. The summed E-state index contributed by atoms with van der Waals surface area (Å²) in [5, 5.41) is 0. The molecule has 0 aliphatic carbocycles. The molecule has 0 fully saturated rings. The summed E-state index contributed by atoms with van der Waals surface area (Å²) in [7, 11) is 0. The van der Waals surface area contributed by atoms with Gasteiger partial charge in [-0.1, -0.05) is 193 Å². The molecule has 3 nitrogen and oxygen atoms in total. The first kappa shape index (κ1) is 43.9. The Hall–Kier alpha value is -1.12. The molecule has 0 atom stereocenters. The predicted octanol–water partition coefficient (Wildman–Crippen LogP) is 14.2. The number of imide groups is 1. The second kappa shape index (κ2) is 37.3. The van der Waals surface area contributed by atoms with Gasteiger partial charge in [0.2, 0.25) is 11.8 Å². The summed E-state index contributed by atoms with van der Waals surface area (Å²) < 4.78 is 0. The van der Waals surface area contributed by atoms with E-state index in [-0.39, 0.29) is 11.8 Å². The SMILES string of the molecule is CCCCCCCC/C=C\CCCCCCCCCCCC(=O)N(CC)C(=O)CCCCCCCCCCCCCCCCC. The molecule has 0 aliphatic rings. The van der Waals surface area contributed by atoms with Crippen LogP contribution in [0.3, 0.4) is 0 Å². The number of carbonyl (C=O) groups excluding carboxylic acids is 2. The number of amides is 2. The minimum Gasteiger partial charge on any atom is -0.283 e. The molecular weight excluding hydrogens is 550 g/mol. The molecule has 0 N–H and O–H groups in total. The highest BCUT2D eigenvalue weighted by molar-refractivity contribution is 5.95. The van der Waals surface area contributed by atoms with E-state index in [2.05, 4.69) is 26.0 Å². The van der Waals surface area contributed by atoms with Gasteiger partial charge < -0.3 is 0 Å². The molecule has 0 bridgehead atoms. The Labute approximate surface area is 283 Å². The largest absolute Gasteiger partial charge is 0.283 e. The first-order valence-corrected chi connectivity index (χ1v) is 20.6. The molecule has 0 heterocycles. The Bertz CT molecular complexity index is 643. The van der Waals surface area contributed by atoms with E-state index in [9.17, 15) is 9.59 Å². The first-order chi connectivity index (χ1) is 22.2. The Morgan fingerprint density at radius 2 is 0.600 bits per heavy atom. The van der Waals surface area contributed by atoms with Crippen LogP contribution in [0.4, 0.5) is 0 Å². The standard InChI is InChI=1S/C42H81NO2/c1-4-7-9-11-13-15-17-19-21-22-23-24-26-28-30-32-34-36-38-40-42(45)43(6-3)41(44)39-37-35-33-31-29-27-25-20-18-16-14-12-10-8-5-2/h19,21H,4-18,20,22-40H2,1-3H3/b21-19-. The Morgan fingerprint density at radius 1 is 0.356 bits per heavy atom. The lowest BCUT2D eigenvalue weighted by Gasteiger charge is -2.19. The molecule has 0 aromatic rings. The third-order valence-corrected chi connectivity index (χ3v) is 9.56. The zero-order valence-electron chi connectivity index (χ0n) is 31.2. The fraction of sp³-hybridized carbons (Fsp3) is 0.905. The number of hydrogen-bond donors (Lipinski definition) is 0. The maximum Gasteiger partial charge on any atom is 0.229 e. The number of carbonyl (C=O) groups is 2. The van der Waals surface area contributed by atoms with E-state index >= 15 is 0 Å². The lowest BCUT2D eigenvalue weighted by atomic mass is 10.0. The van der Waals surface area contributed by atoms with Gasteiger partial charge in [-0.05, 0) is 45.4 Å². The third-order valence-electron chi connectivity index (χ3n) is 9.56. The van der Waals surface area contributed by atoms with Crippen LogP contribution in [0.15, 0.2) is 12.2 Å². The number of nitrogens with zero attached hydrogens (tertiary/aromatic N) is 1. The number of hydrogen-bond acceptors (Lipinski definition) is 2. The molecule has 0 aliphatic heterocycles. The Kier molecular flexibility index (Phi) is 36.4. The second-order valence-corrected chi connectivity index (χ2v) is 14.0. The highest BCUT2D eigenvalue weighted by Gasteiger charge is 2.18. The van der Waals surface area contributed by atoms with Crippen LogP contribution >= 0.6 is 0 Å². The number of unbranched alkanes of at least 4 members (excludes halogenated alkanes) is 29. The molecule has 45 heavy (non-hydrogen) atoms. The quantitative estimate of drug-likeness (QED) is 0.0509. The van der Waals surface area contributed by atoms with E-state index in [0.717, 1.165) is 25.7 Å². The van der Waals surface area contributed by atoms with Crippen molar-refractivity contribution in [1.82, 2.24) is 4.90 Å². The minimum absolute atomic E-state index is 0.0458. The van der Waals surface area contributed by atoms with E-state index in [1.54, 1.807) is 0 Å². The average Bonchev–Trinajstić information content (AvgIpc) is 3.04. The maximum absolute atomic E-state index is 12.7. The van der Waals surface area contributed by atoms with Crippen LogP contribution in [0.1, 0.15) is 239 Å². The lowest BCUT2D eigenvalue weighted by Crippen LogP contribution is -2.36. The molecule has 2 amide bonds. The summed E-state index contributed by atoms with van der Waals surface area (Å²) in [5.41, 5.74) is 0. The van der Waals surface area contributed by atoms with Gasteiger partial charge in [-0.15, -0.1) is 0 Å². The van der Waals surface area contributed by atoms with Crippen LogP contribution in [0.2, 0.25) is 0 Å². The van der Waals surface area contributed by atoms with E-state index in [0.29, 0.717) is 19.4 Å².